The fourth-order valence-electron chi connectivity index (χ4n) is 4.40. The molecule has 7 nitrogen and oxygen atoms in total. The molecule has 3 aromatic rings. The maximum atomic E-state index is 12.9. The fourth-order valence-corrected chi connectivity index (χ4v) is 4.78. The molecule has 1 saturated heterocycles. The lowest BCUT2D eigenvalue weighted by Gasteiger charge is -2.26. The quantitative estimate of drug-likeness (QED) is 0.440. The second kappa shape index (κ2) is 9.10. The summed E-state index contributed by atoms with van der Waals surface area (Å²) in [6.45, 7) is 6.81. The van der Waals surface area contributed by atoms with Crippen LogP contribution in [0.25, 0.3) is 11.0 Å². The minimum absolute atomic E-state index is 0.00880. The van der Waals surface area contributed by atoms with Crippen molar-refractivity contribution in [3.05, 3.63) is 46.3 Å². The van der Waals surface area contributed by atoms with E-state index in [0.29, 0.717) is 23.4 Å². The number of halogens is 1. The molecule has 0 aliphatic carbocycles. The van der Waals surface area contributed by atoms with E-state index in [1.165, 1.54) is 0 Å². The van der Waals surface area contributed by atoms with E-state index in [0.717, 1.165) is 34.6 Å². The molecule has 170 valence electrons. The van der Waals surface area contributed by atoms with Crippen molar-refractivity contribution in [3.63, 3.8) is 0 Å². The van der Waals surface area contributed by atoms with Crippen LogP contribution in [0.15, 0.2) is 34.9 Å². The number of methoxy groups -OCH3 is 1. The molecule has 0 radical (unpaired) electrons. The van der Waals surface area contributed by atoms with Gasteiger partial charge in [-0.3, -0.25) is 4.79 Å². The van der Waals surface area contributed by atoms with Gasteiger partial charge in [0, 0.05) is 32.4 Å². The molecule has 0 bridgehead atoms. The SMILES string of the molecule is CCc1nc2cc(Br)nc(O[C@H](C)C3CC(=O)N([C@H](C)c4ccc(OC)cc4)C3)c2n1C. The molecule has 1 fully saturated rings. The summed E-state index contributed by atoms with van der Waals surface area (Å²) in [4.78, 5) is 24.1. The van der Waals surface area contributed by atoms with E-state index in [9.17, 15) is 4.79 Å². The summed E-state index contributed by atoms with van der Waals surface area (Å²) >= 11 is 3.48. The van der Waals surface area contributed by atoms with E-state index in [1.54, 1.807) is 7.11 Å². The normalized spacial score (nSPS) is 18.2. The minimum atomic E-state index is -0.169. The number of nitrogens with zero attached hydrogens (tertiary/aromatic N) is 4. The summed E-state index contributed by atoms with van der Waals surface area (Å²) in [5, 5.41) is 0. The number of pyridine rings is 1. The number of hydrogen-bond acceptors (Lipinski definition) is 5. The van der Waals surface area contributed by atoms with Crippen molar-refractivity contribution < 1.29 is 14.3 Å². The summed E-state index contributed by atoms with van der Waals surface area (Å²) in [5.41, 5.74) is 2.82. The first-order chi connectivity index (χ1) is 15.3. The molecule has 3 atom stereocenters. The van der Waals surface area contributed by atoms with Crippen LogP contribution in [0, 0.1) is 5.92 Å². The van der Waals surface area contributed by atoms with Gasteiger partial charge in [-0.1, -0.05) is 19.1 Å². The number of ether oxygens (including phenoxy) is 2. The highest BCUT2D eigenvalue weighted by atomic mass is 79.9. The number of likely N-dealkylation sites (tertiary alicyclic amines) is 1. The average molecular weight is 501 g/mol. The number of fused-ring (bicyclic) bond motifs is 1. The lowest BCUT2D eigenvalue weighted by Crippen LogP contribution is -2.31. The Morgan fingerprint density at radius 3 is 2.59 bits per heavy atom. The molecule has 3 heterocycles. The summed E-state index contributed by atoms with van der Waals surface area (Å²) < 4.78 is 14.3. The van der Waals surface area contributed by atoms with Gasteiger partial charge in [0.2, 0.25) is 11.8 Å². The van der Waals surface area contributed by atoms with E-state index < -0.39 is 0 Å². The van der Waals surface area contributed by atoms with Gasteiger partial charge in [-0.25, -0.2) is 9.97 Å². The van der Waals surface area contributed by atoms with Crippen LogP contribution in [-0.2, 0) is 18.3 Å². The zero-order chi connectivity index (χ0) is 23.0. The molecule has 2 aromatic heterocycles. The van der Waals surface area contributed by atoms with Crippen LogP contribution in [0.5, 0.6) is 11.6 Å². The van der Waals surface area contributed by atoms with Gasteiger partial charge in [0.1, 0.15) is 27.8 Å². The molecule has 1 aliphatic rings. The summed E-state index contributed by atoms with van der Waals surface area (Å²) in [5.74, 6) is 2.56. The Bertz CT molecular complexity index is 1130. The Morgan fingerprint density at radius 2 is 1.94 bits per heavy atom. The van der Waals surface area contributed by atoms with Crippen LogP contribution in [0.4, 0.5) is 0 Å². The zero-order valence-corrected chi connectivity index (χ0v) is 20.7. The number of imidazole rings is 1. The second-order valence-electron chi connectivity index (χ2n) is 8.34. The molecule has 0 N–H and O–H groups in total. The highest BCUT2D eigenvalue weighted by molar-refractivity contribution is 9.10. The summed E-state index contributed by atoms with van der Waals surface area (Å²) in [6, 6.07) is 9.78. The Kier molecular flexibility index (Phi) is 6.42. The highest BCUT2D eigenvalue weighted by Gasteiger charge is 2.37. The second-order valence-corrected chi connectivity index (χ2v) is 9.15. The number of aryl methyl sites for hydroxylation is 2. The van der Waals surface area contributed by atoms with Gasteiger partial charge in [0.15, 0.2) is 0 Å². The maximum absolute atomic E-state index is 12.9. The van der Waals surface area contributed by atoms with Crippen molar-refractivity contribution in [2.45, 2.75) is 45.8 Å². The van der Waals surface area contributed by atoms with Crippen LogP contribution in [0.2, 0.25) is 0 Å². The molecule has 1 amide bonds. The molecule has 32 heavy (non-hydrogen) atoms. The van der Waals surface area contributed by atoms with E-state index in [-0.39, 0.29) is 24.0 Å². The third-order valence-electron chi connectivity index (χ3n) is 6.41. The zero-order valence-electron chi connectivity index (χ0n) is 19.1. The Morgan fingerprint density at radius 1 is 1.22 bits per heavy atom. The average Bonchev–Trinajstić information content (AvgIpc) is 3.32. The summed E-state index contributed by atoms with van der Waals surface area (Å²) in [7, 11) is 3.63. The number of carbonyl (C=O) groups is 1. The van der Waals surface area contributed by atoms with E-state index in [1.807, 2.05) is 53.8 Å². The molecule has 0 spiro atoms. The van der Waals surface area contributed by atoms with Gasteiger partial charge < -0.3 is 18.9 Å². The van der Waals surface area contributed by atoms with Gasteiger partial charge >= 0.3 is 0 Å². The molecular formula is C24H29BrN4O3. The van der Waals surface area contributed by atoms with Crippen molar-refractivity contribution in [3.8, 4) is 11.6 Å². The molecule has 1 unspecified atom stereocenters. The molecule has 1 aliphatic heterocycles. The minimum Gasteiger partial charge on any atom is -0.497 e. The maximum Gasteiger partial charge on any atom is 0.241 e. The van der Waals surface area contributed by atoms with Crippen LogP contribution < -0.4 is 9.47 Å². The highest BCUT2D eigenvalue weighted by Crippen LogP contribution is 2.34. The number of rotatable bonds is 7. The first-order valence-corrected chi connectivity index (χ1v) is 11.7. The third kappa shape index (κ3) is 4.20. The van der Waals surface area contributed by atoms with Crippen molar-refractivity contribution in [1.82, 2.24) is 19.4 Å². The lowest BCUT2D eigenvalue weighted by atomic mass is 10.0. The first kappa shape index (κ1) is 22.6. The van der Waals surface area contributed by atoms with Crippen LogP contribution in [0.1, 0.15) is 44.6 Å². The smallest absolute Gasteiger partial charge is 0.241 e. The van der Waals surface area contributed by atoms with Gasteiger partial charge in [-0.2, -0.15) is 0 Å². The molecule has 8 heteroatoms. The van der Waals surface area contributed by atoms with Crippen LogP contribution in [0.3, 0.4) is 0 Å². The topological polar surface area (TPSA) is 69.5 Å². The standard InChI is InChI=1S/C24H29BrN4O3/c1-6-21-26-19-12-20(25)27-24(23(19)28(21)4)32-15(3)17-11-22(30)29(13-17)14(2)16-7-9-18(31-5)10-8-16/h7-10,12,14-15,17H,6,11,13H2,1-5H3/t14-,15-,17?/m1/s1. The van der Waals surface area contributed by atoms with Crippen LogP contribution >= 0.6 is 15.9 Å². The molecule has 1 aromatic carbocycles. The number of carbonyl (C=O) groups excluding carboxylic acids is 1. The Labute approximate surface area is 196 Å². The Balaban J connectivity index is 1.52. The number of aromatic nitrogens is 3. The van der Waals surface area contributed by atoms with Crippen molar-refractivity contribution in [2.75, 3.05) is 13.7 Å². The predicted molar refractivity (Wildman–Crippen MR) is 127 cm³/mol. The van der Waals surface area contributed by atoms with Crippen molar-refractivity contribution in [1.29, 1.82) is 0 Å². The fraction of sp³-hybridized carbons (Fsp3) is 0.458. The summed E-state index contributed by atoms with van der Waals surface area (Å²) in [6.07, 6.45) is 1.12. The third-order valence-corrected chi connectivity index (χ3v) is 6.82. The number of hydrogen-bond donors (Lipinski definition) is 0. The largest absolute Gasteiger partial charge is 0.497 e. The Hall–Kier alpha value is -2.61. The predicted octanol–water partition coefficient (Wildman–Crippen LogP) is 4.68. The molecular weight excluding hydrogens is 472 g/mol. The first-order valence-electron chi connectivity index (χ1n) is 10.9. The van der Waals surface area contributed by atoms with Crippen LogP contribution in [-0.4, -0.2) is 45.1 Å². The lowest BCUT2D eigenvalue weighted by molar-refractivity contribution is -0.129. The van der Waals surface area contributed by atoms with E-state index in [2.05, 4.69) is 34.8 Å². The van der Waals surface area contributed by atoms with Gasteiger partial charge in [0.25, 0.3) is 0 Å². The van der Waals surface area contributed by atoms with Gasteiger partial charge in [-0.05, 0) is 53.5 Å². The van der Waals surface area contributed by atoms with E-state index in [4.69, 9.17) is 14.5 Å². The number of amides is 1. The monoisotopic (exact) mass is 500 g/mol. The molecule has 4 rings (SSSR count). The van der Waals surface area contributed by atoms with Gasteiger partial charge in [-0.15, -0.1) is 0 Å². The number of benzene rings is 1. The van der Waals surface area contributed by atoms with Crippen molar-refractivity contribution in [2.24, 2.45) is 13.0 Å². The van der Waals surface area contributed by atoms with Crippen molar-refractivity contribution >= 4 is 32.9 Å². The van der Waals surface area contributed by atoms with E-state index >= 15 is 0 Å². The van der Waals surface area contributed by atoms with Gasteiger partial charge in [0.05, 0.1) is 18.7 Å². The molecule has 0 saturated carbocycles.